The zero-order valence-electron chi connectivity index (χ0n) is 7.25. The van der Waals surface area contributed by atoms with E-state index in [0.29, 0.717) is 0 Å². The first-order valence-corrected chi connectivity index (χ1v) is 4.10. The van der Waals surface area contributed by atoms with Crippen LogP contribution in [-0.4, -0.2) is 13.6 Å². The summed E-state index contributed by atoms with van der Waals surface area (Å²) in [4.78, 5) is 2.26. The SMILES string of the molecule is CCCN(C)c1ccccc1. The fourth-order valence-electron chi connectivity index (χ4n) is 1.15. The molecular formula is C10H15N. The first-order valence-electron chi connectivity index (χ1n) is 4.10. The Morgan fingerprint density at radius 1 is 1.18 bits per heavy atom. The molecule has 1 aromatic carbocycles. The van der Waals surface area contributed by atoms with E-state index >= 15 is 0 Å². The summed E-state index contributed by atoms with van der Waals surface area (Å²) in [5.41, 5.74) is 1.30. The highest BCUT2D eigenvalue weighted by atomic mass is 15.1. The van der Waals surface area contributed by atoms with Crippen molar-refractivity contribution in [2.75, 3.05) is 18.5 Å². The molecule has 0 amide bonds. The normalized spacial score (nSPS) is 9.64. The van der Waals surface area contributed by atoms with Gasteiger partial charge in [-0.05, 0) is 18.6 Å². The number of nitrogens with zero attached hydrogens (tertiary/aromatic N) is 1. The summed E-state index contributed by atoms with van der Waals surface area (Å²) >= 11 is 0. The van der Waals surface area contributed by atoms with Gasteiger partial charge in [0.1, 0.15) is 0 Å². The fourth-order valence-corrected chi connectivity index (χ4v) is 1.15. The van der Waals surface area contributed by atoms with Crippen molar-refractivity contribution in [2.45, 2.75) is 13.3 Å². The predicted molar refractivity (Wildman–Crippen MR) is 50.0 cm³/mol. The molecule has 0 aliphatic carbocycles. The van der Waals surface area contributed by atoms with E-state index < -0.39 is 0 Å². The number of anilines is 1. The maximum Gasteiger partial charge on any atom is 0.0363 e. The standard InChI is InChI=1S/C10H15N/c1-3-9-11(2)10-7-5-4-6-8-10/h4-8H,3,9H2,1-2H3. The van der Waals surface area contributed by atoms with Crippen LogP contribution in [0.5, 0.6) is 0 Å². The highest BCUT2D eigenvalue weighted by molar-refractivity contribution is 5.44. The third-order valence-electron chi connectivity index (χ3n) is 1.76. The fraction of sp³-hybridized carbons (Fsp3) is 0.400. The molecule has 0 radical (unpaired) electrons. The van der Waals surface area contributed by atoms with Gasteiger partial charge < -0.3 is 4.90 Å². The minimum atomic E-state index is 1.13. The Kier molecular flexibility index (Phi) is 2.96. The molecule has 0 atom stereocenters. The second kappa shape index (κ2) is 4.02. The molecule has 1 rings (SSSR count). The van der Waals surface area contributed by atoms with E-state index in [9.17, 15) is 0 Å². The zero-order valence-corrected chi connectivity index (χ0v) is 7.25. The average molecular weight is 149 g/mol. The van der Waals surface area contributed by atoms with Gasteiger partial charge in [-0.25, -0.2) is 0 Å². The summed E-state index contributed by atoms with van der Waals surface area (Å²) in [6.07, 6.45) is 1.20. The van der Waals surface area contributed by atoms with Crippen LogP contribution in [0.15, 0.2) is 30.3 Å². The van der Waals surface area contributed by atoms with Crippen LogP contribution in [0.2, 0.25) is 0 Å². The molecule has 11 heavy (non-hydrogen) atoms. The minimum Gasteiger partial charge on any atom is -0.375 e. The van der Waals surface area contributed by atoms with E-state index in [1.54, 1.807) is 0 Å². The Balaban J connectivity index is 2.61. The van der Waals surface area contributed by atoms with Crippen LogP contribution in [0.25, 0.3) is 0 Å². The lowest BCUT2D eigenvalue weighted by Gasteiger charge is -2.17. The van der Waals surface area contributed by atoms with E-state index in [0.717, 1.165) is 6.54 Å². The highest BCUT2D eigenvalue weighted by Crippen LogP contribution is 2.10. The first-order chi connectivity index (χ1) is 5.34. The van der Waals surface area contributed by atoms with Gasteiger partial charge >= 0.3 is 0 Å². The van der Waals surface area contributed by atoms with E-state index in [4.69, 9.17) is 0 Å². The lowest BCUT2D eigenvalue weighted by molar-refractivity contribution is 0.852. The molecule has 0 aliphatic heterocycles. The molecule has 1 heteroatoms. The van der Waals surface area contributed by atoms with Crippen molar-refractivity contribution < 1.29 is 0 Å². The Labute approximate surface area is 68.7 Å². The molecule has 0 fully saturated rings. The van der Waals surface area contributed by atoms with Crippen LogP contribution in [-0.2, 0) is 0 Å². The van der Waals surface area contributed by atoms with Gasteiger partial charge in [0, 0.05) is 19.3 Å². The van der Waals surface area contributed by atoms with Crippen molar-refractivity contribution >= 4 is 5.69 Å². The second-order valence-electron chi connectivity index (χ2n) is 2.76. The maximum absolute atomic E-state index is 2.26. The Bertz CT molecular complexity index is 193. The van der Waals surface area contributed by atoms with Crippen LogP contribution >= 0.6 is 0 Å². The lowest BCUT2D eigenvalue weighted by atomic mass is 10.3. The van der Waals surface area contributed by atoms with E-state index in [1.807, 2.05) is 6.07 Å². The Hall–Kier alpha value is -0.980. The van der Waals surface area contributed by atoms with Crippen molar-refractivity contribution in [3.63, 3.8) is 0 Å². The van der Waals surface area contributed by atoms with Gasteiger partial charge in [0.2, 0.25) is 0 Å². The number of para-hydroxylation sites is 1. The molecule has 0 N–H and O–H groups in total. The molecule has 0 saturated heterocycles. The van der Waals surface area contributed by atoms with Gasteiger partial charge in [0.05, 0.1) is 0 Å². The molecule has 0 unspecified atom stereocenters. The third-order valence-corrected chi connectivity index (χ3v) is 1.76. The lowest BCUT2D eigenvalue weighted by Crippen LogP contribution is -2.17. The Morgan fingerprint density at radius 3 is 2.36 bits per heavy atom. The summed E-state index contributed by atoms with van der Waals surface area (Å²) in [5.74, 6) is 0. The summed E-state index contributed by atoms with van der Waals surface area (Å²) in [5, 5.41) is 0. The van der Waals surface area contributed by atoms with Gasteiger partial charge in [-0.3, -0.25) is 0 Å². The summed E-state index contributed by atoms with van der Waals surface area (Å²) in [7, 11) is 2.12. The number of hydrogen-bond acceptors (Lipinski definition) is 1. The first kappa shape index (κ1) is 8.12. The van der Waals surface area contributed by atoms with Crippen LogP contribution in [0.4, 0.5) is 5.69 Å². The van der Waals surface area contributed by atoms with E-state index in [2.05, 4.69) is 43.1 Å². The molecular weight excluding hydrogens is 134 g/mol. The summed E-state index contributed by atoms with van der Waals surface area (Å²) < 4.78 is 0. The molecule has 0 aromatic heterocycles. The van der Waals surface area contributed by atoms with Crippen molar-refractivity contribution in [1.29, 1.82) is 0 Å². The molecule has 0 spiro atoms. The molecule has 1 aromatic rings. The van der Waals surface area contributed by atoms with Gasteiger partial charge in [-0.2, -0.15) is 0 Å². The second-order valence-corrected chi connectivity index (χ2v) is 2.76. The molecule has 0 aliphatic rings. The quantitative estimate of drug-likeness (QED) is 0.638. The predicted octanol–water partition coefficient (Wildman–Crippen LogP) is 2.53. The number of benzene rings is 1. The molecule has 60 valence electrons. The van der Waals surface area contributed by atoms with Crippen molar-refractivity contribution in [2.24, 2.45) is 0 Å². The zero-order chi connectivity index (χ0) is 8.10. The molecule has 0 bridgehead atoms. The van der Waals surface area contributed by atoms with Crippen LogP contribution in [0.3, 0.4) is 0 Å². The van der Waals surface area contributed by atoms with Gasteiger partial charge in [-0.15, -0.1) is 0 Å². The average Bonchev–Trinajstić information content (AvgIpc) is 2.07. The molecule has 0 saturated carbocycles. The van der Waals surface area contributed by atoms with Crippen LogP contribution < -0.4 is 4.90 Å². The molecule has 0 heterocycles. The maximum atomic E-state index is 2.26. The number of rotatable bonds is 3. The summed E-state index contributed by atoms with van der Waals surface area (Å²) in [6.45, 7) is 3.32. The van der Waals surface area contributed by atoms with E-state index in [-0.39, 0.29) is 0 Å². The largest absolute Gasteiger partial charge is 0.375 e. The van der Waals surface area contributed by atoms with E-state index in [1.165, 1.54) is 12.1 Å². The highest BCUT2D eigenvalue weighted by Gasteiger charge is 1.95. The third kappa shape index (κ3) is 2.26. The van der Waals surface area contributed by atoms with Crippen molar-refractivity contribution in [1.82, 2.24) is 0 Å². The van der Waals surface area contributed by atoms with Gasteiger partial charge in [0.15, 0.2) is 0 Å². The van der Waals surface area contributed by atoms with Crippen molar-refractivity contribution in [3.05, 3.63) is 30.3 Å². The monoisotopic (exact) mass is 149 g/mol. The molecule has 1 nitrogen and oxygen atoms in total. The smallest absolute Gasteiger partial charge is 0.0363 e. The number of hydrogen-bond donors (Lipinski definition) is 0. The van der Waals surface area contributed by atoms with Gasteiger partial charge in [-0.1, -0.05) is 25.1 Å². The van der Waals surface area contributed by atoms with Crippen molar-refractivity contribution in [3.8, 4) is 0 Å². The minimum absolute atomic E-state index is 1.13. The topological polar surface area (TPSA) is 3.24 Å². The summed E-state index contributed by atoms with van der Waals surface area (Å²) in [6, 6.07) is 10.5. The van der Waals surface area contributed by atoms with Crippen LogP contribution in [0.1, 0.15) is 13.3 Å². The Morgan fingerprint density at radius 2 is 1.82 bits per heavy atom. The van der Waals surface area contributed by atoms with Crippen LogP contribution in [0, 0.1) is 0 Å². The van der Waals surface area contributed by atoms with Gasteiger partial charge in [0.25, 0.3) is 0 Å².